The number of rotatable bonds is 17. The van der Waals surface area contributed by atoms with E-state index in [1.807, 2.05) is 31.7 Å². The molecule has 0 bridgehead atoms. The molecule has 1 unspecified atom stereocenters. The summed E-state index contributed by atoms with van der Waals surface area (Å²) in [5.41, 5.74) is 1.28. The molecule has 2 aromatic rings. The van der Waals surface area contributed by atoms with E-state index < -0.39 is 85.0 Å². The molecular weight excluding hydrogens is 958 g/mol. The van der Waals surface area contributed by atoms with E-state index in [1.54, 1.807) is 61.8 Å². The minimum Gasteiger partial charge on any atom is -0.481 e. The molecular formula is C41H53N2Na3O15S4+4. The first-order valence-corrected chi connectivity index (χ1v) is 25.9. The van der Waals surface area contributed by atoms with Crippen LogP contribution < -0.4 is 98.3 Å². The van der Waals surface area contributed by atoms with Gasteiger partial charge >= 0.3 is 94.6 Å². The van der Waals surface area contributed by atoms with Crippen LogP contribution in [0.1, 0.15) is 90.3 Å². The van der Waals surface area contributed by atoms with E-state index in [-0.39, 0.29) is 139 Å². The SMILES string of the molecule is CC(C)(C)C1=CC(=CC=CC2=[N+](CCCS(=O)(=O)O)c3ccc(S(=O)(=O)O)cc3C2(C)CCCC(=O)O)c2cc3c(cc2O1)N(CCCS(=O)(=O)O)C(C)(C)C=C3CS(=O)(=O)O.[Na+].[Na+].[Na+]. The first kappa shape index (κ1) is 59.9. The topological polar surface area (TPSA) is 270 Å². The van der Waals surface area contributed by atoms with Crippen LogP contribution in [0.2, 0.25) is 0 Å². The summed E-state index contributed by atoms with van der Waals surface area (Å²) in [6.07, 6.45) is 8.82. The van der Waals surface area contributed by atoms with Gasteiger partial charge < -0.3 is 14.7 Å². The van der Waals surface area contributed by atoms with Gasteiger partial charge in [0.05, 0.1) is 27.4 Å². The van der Waals surface area contributed by atoms with Gasteiger partial charge in [-0.2, -0.15) is 38.2 Å². The number of ether oxygens (including phenoxy) is 1. The normalized spacial score (nSPS) is 18.9. The van der Waals surface area contributed by atoms with Gasteiger partial charge in [0.1, 0.15) is 23.8 Å². The van der Waals surface area contributed by atoms with Crippen molar-refractivity contribution in [2.45, 2.75) is 89.5 Å². The summed E-state index contributed by atoms with van der Waals surface area (Å²) in [5.74, 6) is -1.94. The molecule has 3 heterocycles. The average Bonchev–Trinajstić information content (AvgIpc) is 3.32. The van der Waals surface area contributed by atoms with Gasteiger partial charge in [0.15, 0.2) is 5.71 Å². The van der Waals surface area contributed by atoms with Crippen molar-refractivity contribution >= 4 is 74.7 Å². The van der Waals surface area contributed by atoms with Gasteiger partial charge in [-0.3, -0.25) is 23.0 Å². The summed E-state index contributed by atoms with van der Waals surface area (Å²) in [4.78, 5) is 13.1. The molecule has 0 spiro atoms. The third-order valence-electron chi connectivity index (χ3n) is 11.0. The molecule has 0 saturated heterocycles. The zero-order valence-corrected chi connectivity index (χ0v) is 47.5. The van der Waals surface area contributed by atoms with E-state index in [0.29, 0.717) is 50.9 Å². The molecule has 2 aromatic carbocycles. The molecule has 1 atom stereocenters. The second kappa shape index (κ2) is 22.2. The number of aliphatic carboxylic acids is 1. The summed E-state index contributed by atoms with van der Waals surface area (Å²) in [7, 11) is -17.8. The van der Waals surface area contributed by atoms with E-state index >= 15 is 0 Å². The first-order valence-electron chi connectivity index (χ1n) is 19.6. The molecule has 17 nitrogen and oxygen atoms in total. The fourth-order valence-corrected chi connectivity index (χ4v) is 10.3. The Balaban J connectivity index is 0.00000484. The minimum absolute atomic E-state index is 0. The summed E-state index contributed by atoms with van der Waals surface area (Å²) in [5, 5.41) is 9.50. The zero-order chi connectivity index (χ0) is 46.4. The predicted molar refractivity (Wildman–Crippen MR) is 234 cm³/mol. The summed E-state index contributed by atoms with van der Waals surface area (Å²) in [6, 6.07) is 7.42. The maximum Gasteiger partial charge on any atom is 1.00 e. The summed E-state index contributed by atoms with van der Waals surface area (Å²) < 4.78 is 143. The van der Waals surface area contributed by atoms with Crippen LogP contribution in [-0.4, -0.2) is 109 Å². The fraction of sp³-hybridized carbons (Fsp3) is 0.463. The number of carbonyl (C=O) groups is 1. The van der Waals surface area contributed by atoms with Crippen molar-refractivity contribution in [3.05, 3.63) is 83.2 Å². The summed E-state index contributed by atoms with van der Waals surface area (Å²) in [6.45, 7) is 11.4. The second-order valence-electron chi connectivity index (χ2n) is 17.5. The first-order chi connectivity index (χ1) is 28.3. The van der Waals surface area contributed by atoms with Crippen molar-refractivity contribution in [1.82, 2.24) is 0 Å². The molecule has 3 aliphatic rings. The maximum absolute atomic E-state index is 12.3. The number of fused-ring (bicyclic) bond motifs is 3. The Bertz CT molecular complexity index is 2790. The number of nitrogens with zero attached hydrogens (tertiary/aromatic N) is 2. The molecule has 0 saturated carbocycles. The van der Waals surface area contributed by atoms with E-state index in [4.69, 9.17) is 4.74 Å². The fourth-order valence-electron chi connectivity index (χ4n) is 8.19. The maximum atomic E-state index is 12.3. The summed E-state index contributed by atoms with van der Waals surface area (Å²) >= 11 is 0. The Morgan fingerprint density at radius 1 is 0.831 bits per heavy atom. The van der Waals surface area contributed by atoms with Crippen LogP contribution in [0.25, 0.3) is 11.1 Å². The third-order valence-corrected chi connectivity index (χ3v) is 14.2. The quantitative estimate of drug-likeness (QED) is 0.0599. The molecule has 0 amide bonds. The molecule has 0 aliphatic carbocycles. The number of allylic oxidation sites excluding steroid dienone is 6. The number of hydrogen-bond donors (Lipinski definition) is 5. The molecule has 0 radical (unpaired) electrons. The minimum atomic E-state index is -4.67. The van der Waals surface area contributed by atoms with Gasteiger partial charge in [0, 0.05) is 65.4 Å². The largest absolute Gasteiger partial charge is 1.00 e. The Morgan fingerprint density at radius 2 is 1.45 bits per heavy atom. The van der Waals surface area contributed by atoms with Crippen molar-refractivity contribution in [2.75, 3.05) is 35.2 Å². The average molecular weight is 1010 g/mol. The van der Waals surface area contributed by atoms with Crippen molar-refractivity contribution in [2.24, 2.45) is 5.41 Å². The number of hydrogen-bond acceptors (Lipinski definition) is 11. The van der Waals surface area contributed by atoms with Crippen LogP contribution in [-0.2, 0) is 50.7 Å². The standard InChI is InChI=1S/C41H52N2O15S4.3Na/c1-39(2,3)37-21-27(31-23-30-28(26-61(52,53)54)25-40(4,5)43(18-10-20-60(49,50)51)34(30)24-35(31)58-37)11-7-12-36-41(6,16-8-13-38(44)45)32-22-29(62(55,56)57)14-15-33(32)42(36)17-9-19-59(46,47)48;;;/h7,11-12,14-15,21-25H,8-10,13,16-20,26H2,1-6H3,(H4-,44,45,46,47,48,49,50,51,52,53,54,55,56,57);;;/q;3*+1/p+1. The number of anilines is 1. The molecule has 3 aliphatic heterocycles. The molecule has 340 valence electrons. The second-order valence-corrected chi connectivity index (χ2v) is 23.5. The third kappa shape index (κ3) is 15.4. The van der Waals surface area contributed by atoms with Crippen LogP contribution in [0.4, 0.5) is 11.4 Å². The van der Waals surface area contributed by atoms with Gasteiger partial charge in [-0.15, -0.1) is 0 Å². The molecule has 5 rings (SSSR count). The molecule has 0 aromatic heterocycles. The Labute approximate surface area is 448 Å². The molecule has 24 heteroatoms. The molecule has 0 fully saturated rings. The zero-order valence-electron chi connectivity index (χ0n) is 38.2. The van der Waals surface area contributed by atoms with Crippen LogP contribution in [0.15, 0.2) is 71.4 Å². The molecule has 5 N–H and O–H groups in total. The number of carboxylic acid groups (broad SMARTS) is 1. The van der Waals surface area contributed by atoms with Crippen LogP contribution in [0.3, 0.4) is 0 Å². The van der Waals surface area contributed by atoms with Gasteiger partial charge in [0.25, 0.3) is 40.5 Å². The monoisotopic (exact) mass is 1010 g/mol. The van der Waals surface area contributed by atoms with Crippen molar-refractivity contribution in [3.63, 3.8) is 0 Å². The van der Waals surface area contributed by atoms with Crippen LogP contribution >= 0.6 is 0 Å². The van der Waals surface area contributed by atoms with Gasteiger partial charge in [-0.25, -0.2) is 0 Å². The van der Waals surface area contributed by atoms with E-state index in [1.165, 1.54) is 18.2 Å². The smallest absolute Gasteiger partial charge is 0.481 e. The van der Waals surface area contributed by atoms with Gasteiger partial charge in [0.2, 0.25) is 5.69 Å². The Morgan fingerprint density at radius 3 is 2.00 bits per heavy atom. The number of benzene rings is 2. The van der Waals surface area contributed by atoms with E-state index in [9.17, 15) is 61.8 Å². The Kier molecular flexibility index (Phi) is 20.5. The van der Waals surface area contributed by atoms with Crippen molar-refractivity contribution in [3.8, 4) is 5.75 Å². The van der Waals surface area contributed by atoms with E-state index in [2.05, 4.69) is 0 Å². The van der Waals surface area contributed by atoms with Crippen molar-refractivity contribution in [1.29, 1.82) is 0 Å². The van der Waals surface area contributed by atoms with Crippen LogP contribution in [0.5, 0.6) is 5.75 Å². The molecule has 65 heavy (non-hydrogen) atoms. The van der Waals surface area contributed by atoms with Gasteiger partial charge in [-0.1, -0.05) is 39.0 Å². The predicted octanol–water partition coefficient (Wildman–Crippen LogP) is -3.06. The number of carboxylic acids is 1. The van der Waals surface area contributed by atoms with Gasteiger partial charge in [-0.05, 0) is 75.5 Å². The van der Waals surface area contributed by atoms with E-state index in [0.717, 1.165) is 0 Å². The van der Waals surface area contributed by atoms with Crippen molar-refractivity contribution < 1.29 is 160 Å². The van der Waals surface area contributed by atoms with Crippen LogP contribution in [0, 0.1) is 5.41 Å². The Hall–Kier alpha value is -1.22.